The van der Waals surface area contributed by atoms with Gasteiger partial charge in [-0.3, -0.25) is 14.4 Å². The Bertz CT molecular complexity index is 391. The summed E-state index contributed by atoms with van der Waals surface area (Å²) in [6, 6.07) is -2.31. The molecule has 0 aromatic carbocycles. The van der Waals surface area contributed by atoms with Crippen LogP contribution < -0.4 is 11.1 Å². The van der Waals surface area contributed by atoms with Crippen LogP contribution in [0.2, 0.25) is 0 Å². The summed E-state index contributed by atoms with van der Waals surface area (Å²) in [5.74, 6) is -4.86. The van der Waals surface area contributed by atoms with Gasteiger partial charge in [-0.25, -0.2) is 8.78 Å². The summed E-state index contributed by atoms with van der Waals surface area (Å²) in [6.07, 6.45) is -0.779. The molecular formula is C9H12F2IN3O3. The first-order valence-electron chi connectivity index (χ1n) is 5.07. The van der Waals surface area contributed by atoms with E-state index in [1.807, 2.05) is 0 Å². The van der Waals surface area contributed by atoms with Gasteiger partial charge < -0.3 is 16.0 Å². The molecule has 1 rings (SSSR count). The van der Waals surface area contributed by atoms with Crippen LogP contribution in [0.5, 0.6) is 0 Å². The van der Waals surface area contributed by atoms with Crippen LogP contribution in [0.3, 0.4) is 0 Å². The van der Waals surface area contributed by atoms with Crippen molar-refractivity contribution in [3.05, 3.63) is 0 Å². The highest BCUT2D eigenvalue weighted by Gasteiger charge is 2.50. The highest BCUT2D eigenvalue weighted by atomic mass is 127. The van der Waals surface area contributed by atoms with Crippen molar-refractivity contribution in [2.45, 2.75) is 31.4 Å². The van der Waals surface area contributed by atoms with Crippen molar-refractivity contribution < 1.29 is 23.2 Å². The predicted molar refractivity (Wildman–Crippen MR) is 66.3 cm³/mol. The van der Waals surface area contributed by atoms with Gasteiger partial charge in [-0.1, -0.05) is 0 Å². The average Bonchev–Trinajstić information content (AvgIpc) is 2.52. The van der Waals surface area contributed by atoms with Crippen LogP contribution >= 0.6 is 22.6 Å². The van der Waals surface area contributed by atoms with Crippen molar-refractivity contribution in [2.24, 2.45) is 5.73 Å². The zero-order valence-corrected chi connectivity index (χ0v) is 11.6. The van der Waals surface area contributed by atoms with Crippen molar-refractivity contribution in [1.29, 1.82) is 0 Å². The zero-order chi connectivity index (χ0) is 14.1. The lowest BCUT2D eigenvalue weighted by Gasteiger charge is -2.24. The first-order valence-corrected chi connectivity index (χ1v) is 6.15. The molecule has 1 heterocycles. The Hall–Kier alpha value is -1.00. The summed E-state index contributed by atoms with van der Waals surface area (Å²) in [7, 11) is 0. The molecule has 1 aliphatic rings. The number of nitrogens with two attached hydrogens (primary N) is 1. The zero-order valence-electron chi connectivity index (χ0n) is 9.45. The molecule has 1 aliphatic heterocycles. The number of rotatable bonds is 3. The number of nitrogens with zero attached hydrogens (tertiary/aromatic N) is 1. The van der Waals surface area contributed by atoms with E-state index in [0.29, 0.717) is 0 Å². The van der Waals surface area contributed by atoms with Gasteiger partial charge in [-0.05, 0) is 6.92 Å². The van der Waals surface area contributed by atoms with E-state index in [0.717, 1.165) is 4.90 Å². The summed E-state index contributed by atoms with van der Waals surface area (Å²) in [5.41, 5.74) is 4.99. The summed E-state index contributed by atoms with van der Waals surface area (Å²) >= 11 is 1.42. The maximum absolute atomic E-state index is 13.2. The van der Waals surface area contributed by atoms with Crippen LogP contribution in [0, 0.1) is 0 Å². The molecule has 6 nitrogen and oxygen atoms in total. The lowest BCUT2D eigenvalue weighted by Crippen LogP contribution is -2.51. The molecule has 2 atom stereocenters. The third kappa shape index (κ3) is 3.50. The van der Waals surface area contributed by atoms with Gasteiger partial charge in [0.1, 0.15) is 12.1 Å². The van der Waals surface area contributed by atoms with Crippen LogP contribution in [0.25, 0.3) is 0 Å². The first kappa shape index (κ1) is 15.1. The summed E-state index contributed by atoms with van der Waals surface area (Å²) < 4.78 is 25.9. The minimum Gasteiger partial charge on any atom is -0.368 e. The van der Waals surface area contributed by atoms with E-state index in [9.17, 15) is 23.2 Å². The number of hydrogen-bond acceptors (Lipinski definition) is 3. The van der Waals surface area contributed by atoms with E-state index in [-0.39, 0.29) is 0 Å². The van der Waals surface area contributed by atoms with Gasteiger partial charge in [-0.15, -0.1) is 0 Å². The molecule has 9 heteroatoms. The quantitative estimate of drug-likeness (QED) is 0.421. The van der Waals surface area contributed by atoms with E-state index < -0.39 is 46.7 Å². The second-order valence-corrected chi connectivity index (χ2v) is 5.06. The van der Waals surface area contributed by atoms with Gasteiger partial charge in [0, 0.05) is 29.0 Å². The smallest absolute Gasteiger partial charge is 0.281 e. The monoisotopic (exact) mass is 375 g/mol. The molecule has 0 unspecified atom stereocenters. The van der Waals surface area contributed by atoms with E-state index in [1.54, 1.807) is 0 Å². The second kappa shape index (κ2) is 5.33. The van der Waals surface area contributed by atoms with Crippen LogP contribution in [0.4, 0.5) is 13.6 Å². The molecule has 0 saturated carbocycles. The molecule has 1 saturated heterocycles. The summed E-state index contributed by atoms with van der Waals surface area (Å²) in [6.45, 7) is 0.494. The Morgan fingerprint density at radius 3 is 2.50 bits per heavy atom. The number of carbonyl (C=O) groups excluding carboxylic acids is 3. The second-order valence-electron chi connectivity index (χ2n) is 4.08. The number of carbonyl (C=O) groups is 3. The minimum atomic E-state index is -3.14. The number of primary amides is 1. The SMILES string of the molecule is C[C@H](NC(=O)I)C(=O)N1CC(F)(F)C[C@H]1C(N)=O. The number of likely N-dealkylation sites (tertiary alicyclic amines) is 1. The molecule has 1 fully saturated rings. The van der Waals surface area contributed by atoms with Gasteiger partial charge in [0.2, 0.25) is 11.8 Å². The Balaban J connectivity index is 2.83. The molecule has 3 N–H and O–H groups in total. The fourth-order valence-corrected chi connectivity index (χ4v) is 2.25. The van der Waals surface area contributed by atoms with E-state index >= 15 is 0 Å². The largest absolute Gasteiger partial charge is 0.368 e. The first-order chi connectivity index (χ1) is 8.14. The molecule has 0 bridgehead atoms. The van der Waals surface area contributed by atoms with Gasteiger partial charge in [0.25, 0.3) is 9.84 Å². The third-order valence-corrected chi connectivity index (χ3v) is 2.89. The maximum atomic E-state index is 13.2. The predicted octanol–water partition coefficient (Wildman–Crippen LogP) is 0.241. The van der Waals surface area contributed by atoms with E-state index in [1.165, 1.54) is 29.5 Å². The fourth-order valence-electron chi connectivity index (χ4n) is 1.78. The highest BCUT2D eigenvalue weighted by molar-refractivity contribution is 14.1. The lowest BCUT2D eigenvalue weighted by atomic mass is 10.2. The summed E-state index contributed by atoms with van der Waals surface area (Å²) in [5, 5.41) is 2.27. The normalized spacial score (nSPS) is 23.6. The highest BCUT2D eigenvalue weighted by Crippen LogP contribution is 2.32. The molecule has 0 aliphatic carbocycles. The van der Waals surface area contributed by atoms with Gasteiger partial charge in [0.05, 0.1) is 6.54 Å². The minimum absolute atomic E-state index is 0.491. The molecule has 102 valence electrons. The van der Waals surface area contributed by atoms with Crippen molar-refractivity contribution in [3.8, 4) is 0 Å². The standard InChI is InChI=1S/C9H12F2IN3O3/c1-4(14-8(12)18)7(17)15-3-9(10,11)2-5(15)6(13)16/h4-5H,2-3H2,1H3,(H2,13,16)(H,14,18)/t4-,5-/m0/s1. The molecular weight excluding hydrogens is 363 g/mol. The Morgan fingerprint density at radius 2 is 2.06 bits per heavy atom. The number of nitrogens with one attached hydrogen (secondary N) is 1. The van der Waals surface area contributed by atoms with E-state index in [2.05, 4.69) is 5.32 Å². The topological polar surface area (TPSA) is 92.5 Å². The van der Waals surface area contributed by atoms with Crippen molar-refractivity contribution in [1.82, 2.24) is 10.2 Å². The van der Waals surface area contributed by atoms with Crippen molar-refractivity contribution >= 4 is 38.3 Å². The number of halogens is 3. The van der Waals surface area contributed by atoms with Gasteiger partial charge >= 0.3 is 0 Å². The van der Waals surface area contributed by atoms with E-state index in [4.69, 9.17) is 5.73 Å². The molecule has 18 heavy (non-hydrogen) atoms. The molecule has 0 aromatic heterocycles. The van der Waals surface area contributed by atoms with Gasteiger partial charge in [0.15, 0.2) is 0 Å². The molecule has 3 amide bonds. The molecule has 0 radical (unpaired) electrons. The Labute approximate surface area is 115 Å². The van der Waals surface area contributed by atoms with Gasteiger partial charge in [-0.2, -0.15) is 0 Å². The molecule has 0 aromatic rings. The average molecular weight is 375 g/mol. The third-order valence-electron chi connectivity index (χ3n) is 2.58. The summed E-state index contributed by atoms with van der Waals surface area (Å²) in [4.78, 5) is 34.4. The van der Waals surface area contributed by atoms with Crippen molar-refractivity contribution in [2.75, 3.05) is 6.54 Å². The lowest BCUT2D eigenvalue weighted by molar-refractivity contribution is -0.138. The van der Waals surface area contributed by atoms with Crippen LogP contribution in [0.1, 0.15) is 13.3 Å². The maximum Gasteiger partial charge on any atom is 0.281 e. The van der Waals surface area contributed by atoms with Crippen LogP contribution in [-0.4, -0.2) is 45.2 Å². The fraction of sp³-hybridized carbons (Fsp3) is 0.667. The molecule has 0 spiro atoms. The Morgan fingerprint density at radius 1 is 1.50 bits per heavy atom. The Kier molecular flexibility index (Phi) is 4.46. The van der Waals surface area contributed by atoms with Crippen LogP contribution in [-0.2, 0) is 9.59 Å². The number of amides is 3. The number of hydrogen-bond donors (Lipinski definition) is 2. The van der Waals surface area contributed by atoms with Crippen molar-refractivity contribution in [3.63, 3.8) is 0 Å². The number of alkyl halides is 2. The van der Waals surface area contributed by atoms with Crippen LogP contribution in [0.15, 0.2) is 0 Å².